The summed E-state index contributed by atoms with van der Waals surface area (Å²) in [6.07, 6.45) is 0.397. The Kier molecular flexibility index (Phi) is 9.16. The molecule has 254 valence electrons. The quantitative estimate of drug-likeness (QED) is 0.0714. The number of aryl methyl sites for hydroxylation is 1. The number of hydrogen-bond donors (Lipinski definition) is 6. The number of aromatic nitrogens is 1. The van der Waals surface area contributed by atoms with E-state index in [1.54, 1.807) is 6.07 Å². The number of rotatable bonds is 12. The third kappa shape index (κ3) is 6.86. The SMILES string of the molecule is CC1(C)[C@H](NC(=O)/C(=N\O[C@](C)(C(=O)O)[C@H]2CCc3cc(C4=N[C@@H](CCN)CN4)ccc3O2)c2csc(N)n2)C(=O)N1OS(=O)(=O)O. The summed E-state index contributed by atoms with van der Waals surface area (Å²) in [6.45, 7) is 5.23. The lowest BCUT2D eigenvalue weighted by Crippen LogP contribution is -2.76. The number of nitrogens with two attached hydrogens (primary N) is 2. The van der Waals surface area contributed by atoms with Crippen molar-refractivity contribution in [3.05, 3.63) is 40.4 Å². The van der Waals surface area contributed by atoms with Gasteiger partial charge in [-0.2, -0.15) is 13.5 Å². The fourth-order valence-electron chi connectivity index (χ4n) is 5.34. The first-order chi connectivity index (χ1) is 22.0. The molecule has 1 aromatic carbocycles. The maximum atomic E-state index is 13.4. The van der Waals surface area contributed by atoms with Gasteiger partial charge in [0.15, 0.2) is 16.9 Å². The zero-order valence-electron chi connectivity index (χ0n) is 25.5. The van der Waals surface area contributed by atoms with Crippen LogP contribution in [-0.4, -0.2) is 99.9 Å². The highest BCUT2D eigenvalue weighted by molar-refractivity contribution is 7.80. The fraction of sp³-hybridized carbons (Fsp3) is 0.481. The number of ether oxygens (including phenoxy) is 1. The molecule has 2 aromatic rings. The van der Waals surface area contributed by atoms with Crippen LogP contribution in [-0.2, 0) is 40.3 Å². The van der Waals surface area contributed by atoms with Crippen molar-refractivity contribution in [3.8, 4) is 5.75 Å². The van der Waals surface area contributed by atoms with Gasteiger partial charge in [0.1, 0.15) is 23.3 Å². The number of hydroxylamine groups is 2. The predicted octanol–water partition coefficient (Wildman–Crippen LogP) is -0.410. The highest BCUT2D eigenvalue weighted by Crippen LogP contribution is 2.35. The number of oxime groups is 1. The minimum atomic E-state index is -5.02. The molecule has 0 saturated carbocycles. The summed E-state index contributed by atoms with van der Waals surface area (Å²) in [7, 11) is -5.02. The molecule has 0 spiro atoms. The summed E-state index contributed by atoms with van der Waals surface area (Å²) in [5, 5.41) is 21.7. The molecule has 2 amide bonds. The second-order valence-corrected chi connectivity index (χ2v) is 13.7. The Morgan fingerprint density at radius 2 is 2.11 bits per heavy atom. The molecule has 1 fully saturated rings. The molecule has 47 heavy (non-hydrogen) atoms. The molecule has 5 rings (SSSR count). The fourth-order valence-corrected chi connectivity index (χ4v) is 6.35. The topological polar surface area (TPSA) is 270 Å². The van der Waals surface area contributed by atoms with Crippen LogP contribution in [0.2, 0.25) is 0 Å². The summed E-state index contributed by atoms with van der Waals surface area (Å²) >= 11 is 0.970. The zero-order chi connectivity index (χ0) is 34.3. The molecule has 8 N–H and O–H groups in total. The van der Waals surface area contributed by atoms with Crippen LogP contribution in [0, 0.1) is 0 Å². The Balaban J connectivity index is 1.35. The molecule has 0 unspecified atom stereocenters. The van der Waals surface area contributed by atoms with Crippen LogP contribution in [0.25, 0.3) is 0 Å². The third-order valence-corrected chi connectivity index (χ3v) is 9.07. The molecule has 1 saturated heterocycles. The number of amides is 2. The van der Waals surface area contributed by atoms with Crippen LogP contribution in [0.4, 0.5) is 5.13 Å². The van der Waals surface area contributed by atoms with E-state index in [1.807, 2.05) is 12.1 Å². The number of nitrogen functional groups attached to an aromatic ring is 1. The number of carboxylic acid groups (broad SMARTS) is 1. The average molecular weight is 695 g/mol. The summed E-state index contributed by atoms with van der Waals surface area (Å²) in [5.41, 5.74) is 9.01. The second-order valence-electron chi connectivity index (χ2n) is 11.8. The van der Waals surface area contributed by atoms with Crippen molar-refractivity contribution in [2.24, 2.45) is 15.9 Å². The summed E-state index contributed by atoms with van der Waals surface area (Å²) in [5.74, 6) is -2.22. The minimum absolute atomic E-state index is 0.0644. The van der Waals surface area contributed by atoms with Crippen molar-refractivity contribution in [3.63, 3.8) is 0 Å². The number of nitrogens with zero attached hydrogens (tertiary/aromatic N) is 4. The average Bonchev–Trinajstić information content (AvgIpc) is 3.66. The van der Waals surface area contributed by atoms with Gasteiger partial charge < -0.3 is 36.8 Å². The standard InChI is InChI=1S/C27H34N8O10S2/c1-26(2)20(23(37)35(26)45-47(40,41)42)33-22(36)19(16-12-46-25(29)32-16)34-44-27(3,24(38)39)18-7-5-13-10-14(4-6-17(13)43-18)21-30-11-15(31-21)8-9-28/h4,6,10,12,15,18,20H,5,7-9,11,28H2,1-3H3,(H2,29,32)(H,30,31)(H,33,36)(H,38,39)(H,40,41,42)/b34-19-/t15-,18+,20+,27-/m0/s1. The lowest BCUT2D eigenvalue weighted by molar-refractivity contribution is -0.218. The molecule has 0 aliphatic carbocycles. The van der Waals surface area contributed by atoms with E-state index < -0.39 is 57.2 Å². The van der Waals surface area contributed by atoms with E-state index in [9.17, 15) is 27.9 Å². The number of thiazole rings is 1. The lowest BCUT2D eigenvalue weighted by atomic mass is 9.84. The van der Waals surface area contributed by atoms with Crippen molar-refractivity contribution in [2.75, 3.05) is 18.8 Å². The van der Waals surface area contributed by atoms with E-state index in [1.165, 1.54) is 26.2 Å². The number of amidine groups is 1. The monoisotopic (exact) mass is 694 g/mol. The largest absolute Gasteiger partial charge is 0.485 e. The Bertz CT molecular complexity index is 1760. The van der Waals surface area contributed by atoms with Crippen LogP contribution in [0.1, 0.15) is 50.4 Å². The van der Waals surface area contributed by atoms with Crippen molar-refractivity contribution in [2.45, 2.75) is 69.4 Å². The maximum absolute atomic E-state index is 13.4. The Hall–Kier alpha value is -4.37. The number of aliphatic carboxylic acids is 1. The molecular formula is C27H34N8O10S2. The zero-order valence-corrected chi connectivity index (χ0v) is 27.1. The lowest BCUT2D eigenvalue weighted by Gasteiger charge is -2.50. The molecule has 4 atom stereocenters. The smallest absolute Gasteiger partial charge is 0.418 e. The van der Waals surface area contributed by atoms with Gasteiger partial charge in [-0.1, -0.05) is 5.16 Å². The van der Waals surface area contributed by atoms with Gasteiger partial charge in [0, 0.05) is 17.5 Å². The number of benzene rings is 1. The number of anilines is 1. The van der Waals surface area contributed by atoms with Crippen LogP contribution in [0.3, 0.4) is 0 Å². The third-order valence-electron chi connectivity index (χ3n) is 8.06. The van der Waals surface area contributed by atoms with Crippen molar-refractivity contribution >= 4 is 56.2 Å². The van der Waals surface area contributed by atoms with Crippen LogP contribution in [0.5, 0.6) is 5.75 Å². The summed E-state index contributed by atoms with van der Waals surface area (Å²) in [6, 6.07) is 4.24. The molecule has 4 heterocycles. The molecule has 3 aliphatic heterocycles. The first-order valence-electron chi connectivity index (χ1n) is 14.4. The molecule has 18 nitrogen and oxygen atoms in total. The second kappa shape index (κ2) is 12.7. The maximum Gasteiger partial charge on any atom is 0.418 e. The van der Waals surface area contributed by atoms with Crippen molar-refractivity contribution < 1.29 is 46.3 Å². The number of aliphatic imine (C=N–C) groups is 1. The van der Waals surface area contributed by atoms with Gasteiger partial charge in [0.25, 0.3) is 17.4 Å². The van der Waals surface area contributed by atoms with Crippen LogP contribution < -0.4 is 26.8 Å². The highest BCUT2D eigenvalue weighted by atomic mass is 32.3. The van der Waals surface area contributed by atoms with Crippen LogP contribution >= 0.6 is 11.3 Å². The number of nitrogens with one attached hydrogen (secondary N) is 2. The van der Waals surface area contributed by atoms with Gasteiger partial charge >= 0.3 is 16.4 Å². The van der Waals surface area contributed by atoms with Crippen molar-refractivity contribution in [1.82, 2.24) is 20.7 Å². The van der Waals surface area contributed by atoms with Gasteiger partial charge in [-0.25, -0.2) is 9.78 Å². The molecule has 1 aromatic heterocycles. The number of carbonyl (C=O) groups is 3. The number of carboxylic acids is 1. The molecule has 0 radical (unpaired) electrons. The molecule has 20 heteroatoms. The van der Waals surface area contributed by atoms with E-state index in [-0.39, 0.29) is 23.3 Å². The van der Waals surface area contributed by atoms with Gasteiger partial charge in [-0.15, -0.1) is 15.6 Å². The van der Waals surface area contributed by atoms with E-state index in [0.29, 0.717) is 30.3 Å². The minimum Gasteiger partial charge on any atom is -0.485 e. The van der Waals surface area contributed by atoms with Gasteiger partial charge in [0.05, 0.1) is 11.6 Å². The summed E-state index contributed by atoms with van der Waals surface area (Å²) in [4.78, 5) is 52.9. The first-order valence-corrected chi connectivity index (χ1v) is 16.6. The van der Waals surface area contributed by atoms with E-state index in [0.717, 1.165) is 34.7 Å². The highest BCUT2D eigenvalue weighted by Gasteiger charge is 2.58. The first kappa shape index (κ1) is 34.0. The number of carbonyl (C=O) groups excluding carboxylic acids is 2. The van der Waals surface area contributed by atoms with Gasteiger partial charge in [-0.3, -0.25) is 19.1 Å². The van der Waals surface area contributed by atoms with Gasteiger partial charge in [0.2, 0.25) is 0 Å². The summed E-state index contributed by atoms with van der Waals surface area (Å²) < 4.78 is 41.7. The molecular weight excluding hydrogens is 660 g/mol. The Morgan fingerprint density at radius 3 is 2.72 bits per heavy atom. The Morgan fingerprint density at radius 1 is 1.36 bits per heavy atom. The molecule has 3 aliphatic rings. The normalized spacial score (nSPS) is 23.4. The number of hydrogen-bond acceptors (Lipinski definition) is 15. The number of β-lactam (4-membered cyclic amide) rings is 1. The van der Waals surface area contributed by atoms with E-state index >= 15 is 0 Å². The van der Waals surface area contributed by atoms with Crippen LogP contribution in [0.15, 0.2) is 33.7 Å². The number of fused-ring (bicyclic) bond motifs is 1. The van der Waals surface area contributed by atoms with Crippen molar-refractivity contribution in [1.29, 1.82) is 0 Å². The van der Waals surface area contributed by atoms with E-state index in [4.69, 9.17) is 25.6 Å². The predicted molar refractivity (Wildman–Crippen MR) is 167 cm³/mol. The van der Waals surface area contributed by atoms with E-state index in [2.05, 4.69) is 30.0 Å². The molecule has 0 bridgehead atoms. The van der Waals surface area contributed by atoms with Gasteiger partial charge in [-0.05, 0) is 70.3 Å². The Labute approximate surface area is 273 Å².